The van der Waals surface area contributed by atoms with Gasteiger partial charge in [-0.3, -0.25) is 0 Å². The summed E-state index contributed by atoms with van der Waals surface area (Å²) < 4.78 is 20.9. The first-order valence-electron chi connectivity index (χ1n) is 9.12. The summed E-state index contributed by atoms with van der Waals surface area (Å²) in [6.45, 7) is 22.3. The molecule has 0 aromatic carbocycles. The minimum Gasteiger partial charge on any atom is -0.463 e. The first kappa shape index (κ1) is 28.0. The Bertz CT molecular complexity index is 500. The van der Waals surface area contributed by atoms with Crippen LogP contribution in [-0.2, 0) is 27.9 Å². The van der Waals surface area contributed by atoms with E-state index in [2.05, 4.69) is 39.3 Å². The Morgan fingerprint density at radius 3 is 1.48 bits per heavy atom. The van der Waals surface area contributed by atoms with Crippen LogP contribution in [-0.4, -0.2) is 55.5 Å². The molecule has 0 spiro atoms. The van der Waals surface area contributed by atoms with Gasteiger partial charge < -0.3 is 18.3 Å². The number of carbonyl (C=O) groups is 2. The molecule has 6 nitrogen and oxygen atoms in total. The van der Waals surface area contributed by atoms with Crippen molar-refractivity contribution in [1.82, 2.24) is 0 Å². The highest BCUT2D eigenvalue weighted by molar-refractivity contribution is 6.71. The molecule has 0 aliphatic rings. The molecule has 0 atom stereocenters. The van der Waals surface area contributed by atoms with E-state index in [0.717, 1.165) is 18.7 Å². The molecule has 0 fully saturated rings. The first-order valence-corrected chi connectivity index (χ1v) is 15.4. The second kappa shape index (κ2) is 13.9. The maximum Gasteiger partial charge on any atom is 0.333 e. The molecule has 27 heavy (non-hydrogen) atoms. The molecule has 0 heterocycles. The third-order valence-electron chi connectivity index (χ3n) is 3.66. The highest BCUT2D eigenvalue weighted by Gasteiger charge is 2.22. The molecule has 0 aliphatic carbocycles. The van der Waals surface area contributed by atoms with Gasteiger partial charge in [-0.1, -0.05) is 13.2 Å². The topological polar surface area (TPSA) is 71.1 Å². The summed E-state index contributed by atoms with van der Waals surface area (Å²) in [5.41, 5.74) is 0.887. The number of rotatable bonds is 11. The van der Waals surface area contributed by atoms with Gasteiger partial charge in [0.05, 0.1) is 13.2 Å². The number of hydrogen-bond acceptors (Lipinski definition) is 6. The zero-order valence-corrected chi connectivity index (χ0v) is 20.4. The van der Waals surface area contributed by atoms with Crippen molar-refractivity contribution in [2.24, 2.45) is 0 Å². The number of hydrogen-bond donors (Lipinski definition) is 0. The molecular weight excluding hydrogens is 380 g/mol. The van der Waals surface area contributed by atoms with Crippen LogP contribution in [0, 0.1) is 0 Å². The summed E-state index contributed by atoms with van der Waals surface area (Å²) in [7, 11) is -1.50. The summed E-state index contributed by atoms with van der Waals surface area (Å²) in [6.07, 6.45) is 0. The molecule has 0 bridgehead atoms. The van der Waals surface area contributed by atoms with Gasteiger partial charge in [-0.2, -0.15) is 0 Å². The molecule has 0 aliphatic heterocycles. The van der Waals surface area contributed by atoms with E-state index in [0.29, 0.717) is 24.4 Å². The Morgan fingerprint density at radius 2 is 1.19 bits per heavy atom. The zero-order chi connectivity index (χ0) is 21.7. The van der Waals surface area contributed by atoms with Crippen LogP contribution in [0.4, 0.5) is 0 Å². The van der Waals surface area contributed by atoms with Crippen LogP contribution in [0.5, 0.6) is 0 Å². The summed E-state index contributed by atoms with van der Waals surface area (Å²) >= 11 is 0. The standard InChI is InChI=1S/C10H20O3Si.C9H18O3Si/c1-6-13-14(4,5)8-7-12-10(11)9(2)3;1-8(2)9(10)12-6-7-13(4,5)11-3/h2,6-8H2,1,3-5H3;1,6-7H2,2-5H3. The molecule has 0 amide bonds. The fourth-order valence-corrected chi connectivity index (χ4v) is 3.91. The Labute approximate surface area is 167 Å². The highest BCUT2D eigenvalue weighted by atomic mass is 28.4. The van der Waals surface area contributed by atoms with Crippen LogP contribution in [0.25, 0.3) is 0 Å². The number of carbonyl (C=O) groups excluding carboxylic acids is 2. The van der Waals surface area contributed by atoms with Gasteiger partial charge in [-0.25, -0.2) is 9.59 Å². The molecule has 0 aromatic rings. The third-order valence-corrected chi connectivity index (χ3v) is 8.65. The fourth-order valence-electron chi connectivity index (χ4n) is 1.59. The lowest BCUT2D eigenvalue weighted by atomic mass is 10.4. The Kier molecular flexibility index (Phi) is 14.4. The van der Waals surface area contributed by atoms with E-state index in [4.69, 9.17) is 18.3 Å². The molecule has 158 valence electrons. The van der Waals surface area contributed by atoms with Crippen molar-refractivity contribution < 1.29 is 27.9 Å². The lowest BCUT2D eigenvalue weighted by Gasteiger charge is -2.21. The van der Waals surface area contributed by atoms with Gasteiger partial charge in [0.25, 0.3) is 0 Å². The van der Waals surface area contributed by atoms with Gasteiger partial charge >= 0.3 is 11.9 Å². The lowest BCUT2D eigenvalue weighted by molar-refractivity contribution is -0.139. The second-order valence-electron chi connectivity index (χ2n) is 7.49. The number of ether oxygens (including phenoxy) is 2. The van der Waals surface area contributed by atoms with Crippen LogP contribution in [0.15, 0.2) is 24.3 Å². The highest BCUT2D eigenvalue weighted by Crippen LogP contribution is 2.11. The molecule has 0 unspecified atom stereocenters. The van der Waals surface area contributed by atoms with Crippen molar-refractivity contribution in [3.05, 3.63) is 24.3 Å². The normalized spacial score (nSPS) is 11.1. The van der Waals surface area contributed by atoms with Crippen LogP contribution >= 0.6 is 0 Å². The third kappa shape index (κ3) is 16.7. The monoisotopic (exact) mass is 418 g/mol. The maximum absolute atomic E-state index is 11.0. The smallest absolute Gasteiger partial charge is 0.333 e. The fraction of sp³-hybridized carbons (Fsp3) is 0.684. The quantitative estimate of drug-likeness (QED) is 0.283. The summed E-state index contributed by atoms with van der Waals surface area (Å²) in [5, 5.41) is 0. The van der Waals surface area contributed by atoms with Gasteiger partial charge in [0.1, 0.15) is 0 Å². The summed E-state index contributed by atoms with van der Waals surface area (Å²) in [5.74, 6) is -0.632. The van der Waals surface area contributed by atoms with Gasteiger partial charge in [0, 0.05) is 37.0 Å². The second-order valence-corrected chi connectivity index (χ2v) is 16.2. The minimum atomic E-state index is -1.61. The van der Waals surface area contributed by atoms with Gasteiger partial charge in [0.15, 0.2) is 16.6 Å². The average Bonchev–Trinajstić information content (AvgIpc) is 2.54. The van der Waals surface area contributed by atoms with E-state index in [1.807, 2.05) is 6.92 Å². The molecule has 8 heteroatoms. The van der Waals surface area contributed by atoms with Crippen molar-refractivity contribution in [2.75, 3.05) is 26.9 Å². The predicted octanol–water partition coefficient (Wildman–Crippen LogP) is 4.30. The first-order chi connectivity index (χ1) is 12.3. The Hall–Kier alpha value is -1.23. The van der Waals surface area contributed by atoms with E-state index in [1.54, 1.807) is 21.0 Å². The molecule has 0 saturated carbocycles. The minimum absolute atomic E-state index is 0.314. The molecule has 0 rings (SSSR count). The molecule has 0 N–H and O–H groups in total. The molecular formula is C19H38O6Si2. The van der Waals surface area contributed by atoms with E-state index >= 15 is 0 Å². The molecule has 0 aromatic heterocycles. The van der Waals surface area contributed by atoms with E-state index in [-0.39, 0.29) is 11.9 Å². The maximum atomic E-state index is 11.0. The molecule has 0 radical (unpaired) electrons. The van der Waals surface area contributed by atoms with Gasteiger partial charge in [-0.05, 0) is 47.0 Å². The lowest BCUT2D eigenvalue weighted by Crippen LogP contribution is -2.32. The van der Waals surface area contributed by atoms with Crippen molar-refractivity contribution in [2.45, 2.75) is 59.0 Å². The van der Waals surface area contributed by atoms with E-state index in [9.17, 15) is 9.59 Å². The van der Waals surface area contributed by atoms with E-state index < -0.39 is 16.6 Å². The Morgan fingerprint density at radius 1 is 0.815 bits per heavy atom. The van der Waals surface area contributed by atoms with Crippen LogP contribution in [0.3, 0.4) is 0 Å². The van der Waals surface area contributed by atoms with Crippen molar-refractivity contribution in [3.63, 3.8) is 0 Å². The van der Waals surface area contributed by atoms with Crippen LogP contribution in [0.2, 0.25) is 38.3 Å². The summed E-state index contributed by atoms with van der Waals surface area (Å²) in [6, 6.07) is 1.66. The predicted molar refractivity (Wildman–Crippen MR) is 115 cm³/mol. The largest absolute Gasteiger partial charge is 0.463 e. The van der Waals surface area contributed by atoms with Gasteiger partial charge in [-0.15, -0.1) is 0 Å². The van der Waals surface area contributed by atoms with E-state index in [1.165, 1.54) is 0 Å². The molecule has 0 saturated heterocycles. The van der Waals surface area contributed by atoms with Crippen molar-refractivity contribution in [1.29, 1.82) is 0 Å². The van der Waals surface area contributed by atoms with Gasteiger partial charge in [0.2, 0.25) is 0 Å². The van der Waals surface area contributed by atoms with Crippen molar-refractivity contribution >= 4 is 28.6 Å². The van der Waals surface area contributed by atoms with Crippen molar-refractivity contribution in [3.8, 4) is 0 Å². The summed E-state index contributed by atoms with van der Waals surface area (Å²) in [4.78, 5) is 22.0. The van der Waals surface area contributed by atoms with Crippen LogP contribution < -0.4 is 0 Å². The average molecular weight is 419 g/mol. The zero-order valence-electron chi connectivity index (χ0n) is 18.4. The SMILES string of the molecule is C=C(C)C(=O)OCC[Si](C)(C)OC.C=C(C)C(=O)OCC[Si](C)(C)OCC. The van der Waals surface area contributed by atoms with Crippen LogP contribution in [0.1, 0.15) is 20.8 Å². The Balaban J connectivity index is 0. The number of esters is 2.